The van der Waals surface area contributed by atoms with Gasteiger partial charge in [-0.3, -0.25) is 9.59 Å². The standard InChI is InChI=1S/C13H14F2N2O2.C11H10F2N2O2/c1-2-19-13(18)11(16)3-7-6-17-12-9(7)4-8(14)5-10(12)15;12-6-2-7-5(1-9(14)11(16)17)4-15-10(7)8(13)3-6/h4-6,11,17H,2-3,16H2,1H3;2-4,9,15H,1,14H2,(H,16,17). The summed E-state index contributed by atoms with van der Waals surface area (Å²) in [6.45, 7) is 1.92. The lowest BCUT2D eigenvalue weighted by atomic mass is 10.1. The number of benzene rings is 2. The van der Waals surface area contributed by atoms with Crippen molar-refractivity contribution in [3.8, 4) is 0 Å². The van der Waals surface area contributed by atoms with E-state index in [2.05, 4.69) is 9.97 Å². The molecule has 2 heterocycles. The van der Waals surface area contributed by atoms with Crippen molar-refractivity contribution in [2.45, 2.75) is 31.8 Å². The summed E-state index contributed by atoms with van der Waals surface area (Å²) in [5.41, 5.74) is 12.5. The Bertz CT molecular complexity index is 1400. The van der Waals surface area contributed by atoms with Crippen LogP contribution < -0.4 is 11.5 Å². The first-order valence-electron chi connectivity index (χ1n) is 10.8. The number of aromatic amines is 2. The number of ether oxygens (including phenoxy) is 1. The average Bonchev–Trinajstić information content (AvgIpc) is 3.39. The van der Waals surface area contributed by atoms with Crippen LogP contribution in [0.25, 0.3) is 21.8 Å². The van der Waals surface area contributed by atoms with E-state index in [1.54, 1.807) is 6.92 Å². The molecule has 2 atom stereocenters. The first kappa shape index (κ1) is 26.7. The summed E-state index contributed by atoms with van der Waals surface area (Å²) in [5.74, 6) is -4.46. The Balaban J connectivity index is 0.000000202. The minimum absolute atomic E-state index is 0.0121. The highest BCUT2D eigenvalue weighted by molar-refractivity contribution is 5.86. The number of hydrogen-bond donors (Lipinski definition) is 5. The van der Waals surface area contributed by atoms with E-state index in [-0.39, 0.29) is 30.5 Å². The van der Waals surface area contributed by atoms with Crippen molar-refractivity contribution in [3.05, 3.63) is 71.1 Å². The molecule has 0 bridgehead atoms. The van der Waals surface area contributed by atoms with Gasteiger partial charge in [-0.2, -0.15) is 0 Å². The van der Waals surface area contributed by atoms with Crippen LogP contribution >= 0.6 is 0 Å². The van der Waals surface area contributed by atoms with Crippen LogP contribution in [0.1, 0.15) is 18.1 Å². The average molecular weight is 508 g/mol. The molecule has 2 unspecified atom stereocenters. The van der Waals surface area contributed by atoms with E-state index in [0.29, 0.717) is 21.9 Å². The minimum Gasteiger partial charge on any atom is -0.480 e. The van der Waals surface area contributed by atoms with Crippen molar-refractivity contribution in [1.82, 2.24) is 9.97 Å². The third-order valence-corrected chi connectivity index (χ3v) is 5.37. The molecule has 0 aliphatic heterocycles. The van der Waals surface area contributed by atoms with Crippen LogP contribution in [-0.2, 0) is 27.2 Å². The fraction of sp³-hybridized carbons (Fsp3) is 0.250. The van der Waals surface area contributed by atoms with Gasteiger partial charge in [0.05, 0.1) is 17.6 Å². The summed E-state index contributed by atoms with van der Waals surface area (Å²) in [6.07, 6.45) is 3.13. The second kappa shape index (κ2) is 11.2. The molecule has 2 aromatic heterocycles. The molecule has 4 aromatic rings. The maximum Gasteiger partial charge on any atom is 0.323 e. The van der Waals surface area contributed by atoms with Gasteiger partial charge in [-0.1, -0.05) is 0 Å². The van der Waals surface area contributed by atoms with Crippen molar-refractivity contribution < 1.29 is 37.0 Å². The lowest BCUT2D eigenvalue weighted by molar-refractivity contribution is -0.144. The zero-order valence-corrected chi connectivity index (χ0v) is 19.1. The smallest absolute Gasteiger partial charge is 0.323 e. The maximum absolute atomic E-state index is 13.5. The van der Waals surface area contributed by atoms with Gasteiger partial charge in [0.1, 0.15) is 35.4 Å². The molecule has 0 radical (unpaired) electrons. The van der Waals surface area contributed by atoms with Gasteiger partial charge in [-0.15, -0.1) is 0 Å². The number of halogens is 4. The van der Waals surface area contributed by atoms with Crippen LogP contribution in [0.5, 0.6) is 0 Å². The molecule has 0 saturated heterocycles. The number of carboxylic acids is 1. The lowest BCUT2D eigenvalue weighted by Gasteiger charge is -2.09. The highest BCUT2D eigenvalue weighted by Crippen LogP contribution is 2.24. The van der Waals surface area contributed by atoms with Gasteiger partial charge in [-0.05, 0) is 30.2 Å². The second-order valence-electron chi connectivity index (χ2n) is 7.96. The summed E-state index contributed by atoms with van der Waals surface area (Å²) in [4.78, 5) is 27.4. The maximum atomic E-state index is 13.5. The van der Waals surface area contributed by atoms with Crippen molar-refractivity contribution in [2.24, 2.45) is 11.5 Å². The third kappa shape index (κ3) is 6.01. The highest BCUT2D eigenvalue weighted by Gasteiger charge is 2.19. The number of H-pyrrole nitrogens is 2. The molecule has 12 heteroatoms. The summed E-state index contributed by atoms with van der Waals surface area (Å²) >= 11 is 0. The molecular weight excluding hydrogens is 484 g/mol. The van der Waals surface area contributed by atoms with Crippen molar-refractivity contribution >= 4 is 33.7 Å². The van der Waals surface area contributed by atoms with E-state index in [4.69, 9.17) is 21.3 Å². The second-order valence-corrected chi connectivity index (χ2v) is 7.96. The van der Waals surface area contributed by atoms with E-state index in [1.165, 1.54) is 18.5 Å². The molecule has 0 amide bonds. The number of rotatable bonds is 7. The van der Waals surface area contributed by atoms with Crippen molar-refractivity contribution in [2.75, 3.05) is 6.61 Å². The Morgan fingerprint density at radius 3 is 1.72 bits per heavy atom. The Morgan fingerprint density at radius 1 is 0.861 bits per heavy atom. The zero-order valence-electron chi connectivity index (χ0n) is 19.1. The molecule has 192 valence electrons. The van der Waals surface area contributed by atoms with E-state index in [0.717, 1.165) is 18.2 Å². The Labute approximate surface area is 202 Å². The third-order valence-electron chi connectivity index (χ3n) is 5.37. The Morgan fingerprint density at radius 2 is 1.31 bits per heavy atom. The van der Waals surface area contributed by atoms with Gasteiger partial charge in [0.15, 0.2) is 0 Å². The number of fused-ring (bicyclic) bond motifs is 2. The van der Waals surface area contributed by atoms with Crippen molar-refractivity contribution in [1.29, 1.82) is 0 Å². The molecule has 4 rings (SSSR count). The summed E-state index contributed by atoms with van der Waals surface area (Å²) in [7, 11) is 0. The minimum atomic E-state index is -1.16. The van der Waals surface area contributed by atoms with Gasteiger partial charge in [0.2, 0.25) is 0 Å². The van der Waals surface area contributed by atoms with Gasteiger partial charge in [0, 0.05) is 48.1 Å². The predicted octanol–water partition coefficient (Wildman–Crippen LogP) is 3.28. The molecular formula is C24H24F4N4O4. The van der Waals surface area contributed by atoms with E-state index in [9.17, 15) is 27.2 Å². The van der Waals surface area contributed by atoms with Gasteiger partial charge in [0.25, 0.3) is 0 Å². The zero-order chi connectivity index (χ0) is 26.6. The first-order valence-corrected chi connectivity index (χ1v) is 10.8. The van der Waals surface area contributed by atoms with Crippen LogP contribution in [0.4, 0.5) is 17.6 Å². The number of nitrogens with one attached hydrogen (secondary N) is 2. The quantitative estimate of drug-likeness (QED) is 0.191. The number of nitrogens with two attached hydrogens (primary N) is 2. The molecule has 0 saturated carbocycles. The number of esters is 1. The summed E-state index contributed by atoms with van der Waals surface area (Å²) in [5, 5.41) is 9.38. The SMILES string of the molecule is CCOC(=O)C(N)Cc1c[nH]c2c(F)cc(F)cc12.NC(Cc1c[nH]c2c(F)cc(F)cc12)C(=O)O. The topological polar surface area (TPSA) is 147 Å². The van der Waals surface area contributed by atoms with E-state index < -0.39 is 47.3 Å². The monoisotopic (exact) mass is 508 g/mol. The number of carbonyl (C=O) groups excluding carboxylic acids is 1. The van der Waals surface area contributed by atoms with Crippen LogP contribution in [0.15, 0.2) is 36.7 Å². The Kier molecular flexibility index (Phi) is 8.33. The summed E-state index contributed by atoms with van der Waals surface area (Å²) in [6, 6.07) is 1.97. The first-order chi connectivity index (χ1) is 17.0. The lowest BCUT2D eigenvalue weighted by Crippen LogP contribution is -2.34. The molecule has 36 heavy (non-hydrogen) atoms. The number of aromatic nitrogens is 2. The van der Waals surface area contributed by atoms with Gasteiger partial charge < -0.3 is 31.3 Å². The molecule has 2 aromatic carbocycles. The molecule has 0 aliphatic carbocycles. The summed E-state index contributed by atoms with van der Waals surface area (Å²) < 4.78 is 57.9. The van der Waals surface area contributed by atoms with Crippen molar-refractivity contribution in [3.63, 3.8) is 0 Å². The number of carbonyl (C=O) groups is 2. The molecule has 8 nitrogen and oxygen atoms in total. The van der Waals surface area contributed by atoms with Crippen LogP contribution in [0, 0.1) is 23.3 Å². The van der Waals surface area contributed by atoms with Crippen LogP contribution in [0.2, 0.25) is 0 Å². The van der Waals surface area contributed by atoms with Crippen LogP contribution in [0.3, 0.4) is 0 Å². The molecule has 7 N–H and O–H groups in total. The number of aliphatic carboxylic acids is 1. The predicted molar refractivity (Wildman–Crippen MR) is 124 cm³/mol. The number of carboxylic acid groups (broad SMARTS) is 1. The molecule has 0 spiro atoms. The molecule has 0 aliphatic rings. The fourth-order valence-electron chi connectivity index (χ4n) is 3.65. The Hall–Kier alpha value is -3.90. The van der Waals surface area contributed by atoms with E-state index in [1.807, 2.05) is 0 Å². The molecule has 0 fully saturated rings. The fourth-order valence-corrected chi connectivity index (χ4v) is 3.65. The van der Waals surface area contributed by atoms with E-state index >= 15 is 0 Å². The number of hydrogen-bond acceptors (Lipinski definition) is 5. The highest BCUT2D eigenvalue weighted by atomic mass is 19.1. The van der Waals surface area contributed by atoms with Gasteiger partial charge >= 0.3 is 11.9 Å². The largest absolute Gasteiger partial charge is 0.480 e. The van der Waals surface area contributed by atoms with Gasteiger partial charge in [-0.25, -0.2) is 17.6 Å². The normalized spacial score (nSPS) is 12.8. The van der Waals surface area contributed by atoms with Crippen LogP contribution in [-0.4, -0.2) is 45.7 Å².